The first-order chi connectivity index (χ1) is 16.9. The lowest BCUT2D eigenvalue weighted by Crippen LogP contribution is -2.33. The number of ether oxygens (including phenoxy) is 1. The van der Waals surface area contributed by atoms with Crippen LogP contribution in [0.15, 0.2) is 73.1 Å². The summed E-state index contributed by atoms with van der Waals surface area (Å²) in [6, 6.07) is 21.0. The van der Waals surface area contributed by atoms with Gasteiger partial charge < -0.3 is 14.8 Å². The first kappa shape index (κ1) is 22.4. The summed E-state index contributed by atoms with van der Waals surface area (Å²) in [7, 11) is 0. The number of rotatable bonds is 6. The Morgan fingerprint density at radius 1 is 1.00 bits per heavy atom. The maximum atomic E-state index is 13.5. The Balaban J connectivity index is 1.46. The van der Waals surface area contributed by atoms with Gasteiger partial charge in [0.25, 0.3) is 0 Å². The summed E-state index contributed by atoms with van der Waals surface area (Å²) in [4.78, 5) is 33.9. The van der Waals surface area contributed by atoms with E-state index in [4.69, 9.17) is 4.74 Å². The van der Waals surface area contributed by atoms with Gasteiger partial charge in [-0.3, -0.25) is 4.90 Å². The van der Waals surface area contributed by atoms with E-state index < -0.39 is 12.1 Å². The summed E-state index contributed by atoms with van der Waals surface area (Å²) < 4.78 is 5.90. The predicted octanol–water partition coefficient (Wildman–Crippen LogP) is 5.68. The highest BCUT2D eigenvalue weighted by Crippen LogP contribution is 2.44. The Morgan fingerprint density at radius 3 is 2.26 bits per heavy atom. The molecule has 0 saturated heterocycles. The minimum absolute atomic E-state index is 0.0771. The number of hydrogen-bond acceptors (Lipinski definition) is 4. The maximum Gasteiger partial charge on any atom is 0.414 e. The highest BCUT2D eigenvalue weighted by atomic mass is 16.6. The van der Waals surface area contributed by atoms with Crippen molar-refractivity contribution in [3.63, 3.8) is 0 Å². The molecule has 3 aromatic carbocycles. The number of aromatic nitrogens is 2. The predicted molar refractivity (Wildman–Crippen MR) is 133 cm³/mol. The monoisotopic (exact) mass is 467 g/mol. The number of amides is 1. The zero-order valence-corrected chi connectivity index (χ0v) is 19.5. The number of fused-ring (bicyclic) bond motifs is 3. The molecule has 0 radical (unpaired) electrons. The molecule has 1 aliphatic rings. The van der Waals surface area contributed by atoms with E-state index in [9.17, 15) is 14.7 Å². The topological polar surface area (TPSA) is 95.5 Å². The first-order valence-corrected chi connectivity index (χ1v) is 11.4. The van der Waals surface area contributed by atoms with Gasteiger partial charge in [0, 0.05) is 11.6 Å². The van der Waals surface area contributed by atoms with Crippen LogP contribution in [0.4, 0.5) is 10.5 Å². The molecule has 5 rings (SSSR count). The van der Waals surface area contributed by atoms with Crippen molar-refractivity contribution in [2.24, 2.45) is 0 Å². The molecular weight excluding hydrogens is 442 g/mol. The lowest BCUT2D eigenvalue weighted by molar-refractivity contribution is 0.0696. The van der Waals surface area contributed by atoms with Crippen LogP contribution < -0.4 is 4.90 Å². The molecule has 1 amide bonds. The molecule has 0 saturated carbocycles. The third-order valence-corrected chi connectivity index (χ3v) is 6.55. The second-order valence-electron chi connectivity index (χ2n) is 8.67. The molecule has 1 aromatic heterocycles. The van der Waals surface area contributed by atoms with Gasteiger partial charge in [-0.1, -0.05) is 54.6 Å². The number of nitrogens with zero attached hydrogens (tertiary/aromatic N) is 2. The first-order valence-electron chi connectivity index (χ1n) is 11.4. The number of benzene rings is 3. The van der Waals surface area contributed by atoms with Crippen LogP contribution in [-0.2, 0) is 11.3 Å². The van der Waals surface area contributed by atoms with Crippen molar-refractivity contribution in [1.82, 2.24) is 9.97 Å². The van der Waals surface area contributed by atoms with Crippen molar-refractivity contribution < 1.29 is 19.4 Å². The van der Waals surface area contributed by atoms with E-state index in [-0.39, 0.29) is 24.6 Å². The van der Waals surface area contributed by atoms with Crippen LogP contribution >= 0.6 is 0 Å². The van der Waals surface area contributed by atoms with Crippen LogP contribution in [0.2, 0.25) is 0 Å². The molecule has 4 aromatic rings. The molecule has 0 aliphatic heterocycles. The number of carboxylic acids is 1. The number of H-pyrrole nitrogens is 1. The van der Waals surface area contributed by atoms with Crippen LogP contribution in [0.3, 0.4) is 0 Å². The molecule has 7 nitrogen and oxygen atoms in total. The van der Waals surface area contributed by atoms with Crippen LogP contribution in [0.1, 0.15) is 44.4 Å². The second-order valence-corrected chi connectivity index (χ2v) is 8.67. The fraction of sp³-hybridized carbons (Fsp3) is 0.179. The summed E-state index contributed by atoms with van der Waals surface area (Å²) in [6.07, 6.45) is 1.01. The zero-order valence-electron chi connectivity index (χ0n) is 19.5. The number of aromatic carboxylic acids is 1. The molecule has 7 heteroatoms. The molecule has 176 valence electrons. The third-order valence-electron chi connectivity index (χ3n) is 6.55. The molecule has 0 spiro atoms. The number of carbonyl (C=O) groups is 2. The Labute approximate surface area is 203 Å². The van der Waals surface area contributed by atoms with E-state index in [0.717, 1.165) is 33.5 Å². The van der Waals surface area contributed by atoms with Gasteiger partial charge in [-0.2, -0.15) is 0 Å². The number of anilines is 1. The van der Waals surface area contributed by atoms with Gasteiger partial charge in [-0.05, 0) is 53.8 Å². The van der Waals surface area contributed by atoms with Crippen molar-refractivity contribution in [3.05, 3.63) is 107 Å². The van der Waals surface area contributed by atoms with Gasteiger partial charge in [-0.25, -0.2) is 14.6 Å². The number of carbonyl (C=O) groups excluding carboxylic acids is 1. The average molecular weight is 468 g/mol. The minimum Gasteiger partial charge on any atom is -0.478 e. The van der Waals surface area contributed by atoms with Crippen LogP contribution in [0.5, 0.6) is 0 Å². The Morgan fingerprint density at radius 2 is 1.66 bits per heavy atom. The van der Waals surface area contributed by atoms with Crippen molar-refractivity contribution in [1.29, 1.82) is 0 Å². The van der Waals surface area contributed by atoms with E-state index in [0.29, 0.717) is 11.4 Å². The summed E-state index contributed by atoms with van der Waals surface area (Å²) in [5.41, 5.74) is 7.39. The Bertz CT molecular complexity index is 1380. The molecule has 1 heterocycles. The number of aromatic amines is 1. The van der Waals surface area contributed by atoms with Crippen molar-refractivity contribution in [2.45, 2.75) is 26.3 Å². The molecular formula is C28H25N3O4. The van der Waals surface area contributed by atoms with E-state index in [1.807, 2.05) is 38.1 Å². The van der Waals surface area contributed by atoms with Crippen molar-refractivity contribution in [2.75, 3.05) is 11.5 Å². The summed E-state index contributed by atoms with van der Waals surface area (Å²) in [5, 5.41) is 9.50. The van der Waals surface area contributed by atoms with Crippen molar-refractivity contribution >= 4 is 17.7 Å². The van der Waals surface area contributed by atoms with E-state index in [2.05, 4.69) is 34.2 Å². The quantitative estimate of drug-likeness (QED) is 0.380. The van der Waals surface area contributed by atoms with Gasteiger partial charge in [0.1, 0.15) is 6.61 Å². The molecule has 1 aliphatic carbocycles. The average Bonchev–Trinajstić information content (AvgIpc) is 3.42. The smallest absolute Gasteiger partial charge is 0.414 e. The SMILES string of the molecule is Cc1ccc(C(=O)O)cc1N(Cc1nc[nH]c1C)C(=O)OCC1c2ccccc2-c2ccccc21. The maximum absolute atomic E-state index is 13.5. The van der Waals surface area contributed by atoms with Gasteiger partial charge in [-0.15, -0.1) is 0 Å². The Kier molecular flexibility index (Phi) is 5.82. The molecule has 0 bridgehead atoms. The Hall–Kier alpha value is -4.39. The van der Waals surface area contributed by atoms with E-state index in [1.54, 1.807) is 12.4 Å². The number of hydrogen-bond donors (Lipinski definition) is 2. The number of imidazole rings is 1. The molecule has 0 atom stereocenters. The molecule has 0 unspecified atom stereocenters. The second kappa shape index (κ2) is 9.10. The molecule has 0 fully saturated rings. The normalized spacial score (nSPS) is 12.2. The van der Waals surface area contributed by atoms with Crippen LogP contribution in [-0.4, -0.2) is 33.7 Å². The lowest BCUT2D eigenvalue weighted by atomic mass is 9.98. The number of nitrogens with one attached hydrogen (secondary N) is 1. The third kappa shape index (κ3) is 4.17. The van der Waals surface area contributed by atoms with Crippen LogP contribution in [0, 0.1) is 13.8 Å². The number of carboxylic acid groups (broad SMARTS) is 1. The highest BCUT2D eigenvalue weighted by Gasteiger charge is 2.30. The van der Waals surface area contributed by atoms with E-state index in [1.165, 1.54) is 17.0 Å². The van der Waals surface area contributed by atoms with Gasteiger partial charge in [0.05, 0.1) is 29.8 Å². The van der Waals surface area contributed by atoms with Gasteiger partial charge >= 0.3 is 12.1 Å². The lowest BCUT2D eigenvalue weighted by Gasteiger charge is -2.25. The minimum atomic E-state index is -1.06. The summed E-state index contributed by atoms with van der Waals surface area (Å²) >= 11 is 0. The molecule has 35 heavy (non-hydrogen) atoms. The highest BCUT2D eigenvalue weighted by molar-refractivity contribution is 5.93. The zero-order chi connectivity index (χ0) is 24.5. The fourth-order valence-electron chi connectivity index (χ4n) is 4.65. The van der Waals surface area contributed by atoms with Crippen LogP contribution in [0.25, 0.3) is 11.1 Å². The standard InChI is InChI=1S/C28H25N3O4/c1-17-11-12-19(27(32)33)13-26(17)31(14-25-18(2)29-16-30-25)28(34)35-15-24-22-9-5-3-7-20(22)21-8-4-6-10-23(21)24/h3-13,16,24H,14-15H2,1-2H3,(H,29,30)(H,32,33). The van der Waals surface area contributed by atoms with E-state index >= 15 is 0 Å². The van der Waals surface area contributed by atoms with Gasteiger partial charge in [0.15, 0.2) is 0 Å². The number of aryl methyl sites for hydroxylation is 2. The van der Waals surface area contributed by atoms with Gasteiger partial charge in [0.2, 0.25) is 0 Å². The summed E-state index contributed by atoms with van der Waals surface area (Å²) in [6.45, 7) is 4.03. The summed E-state index contributed by atoms with van der Waals surface area (Å²) in [5.74, 6) is -1.14. The molecule has 2 N–H and O–H groups in total. The largest absolute Gasteiger partial charge is 0.478 e. The van der Waals surface area contributed by atoms with Crippen molar-refractivity contribution in [3.8, 4) is 11.1 Å². The fourth-order valence-corrected chi connectivity index (χ4v) is 4.65.